The van der Waals surface area contributed by atoms with Crippen molar-refractivity contribution in [3.8, 4) is 0 Å². The van der Waals surface area contributed by atoms with Crippen LogP contribution in [0.3, 0.4) is 0 Å². The molecule has 0 aromatic carbocycles. The van der Waals surface area contributed by atoms with E-state index in [1.54, 1.807) is 4.81 Å². The van der Waals surface area contributed by atoms with Crippen LogP contribution < -0.4 is 29.6 Å². The maximum atomic E-state index is 5.31. The summed E-state index contributed by atoms with van der Waals surface area (Å²) in [6.45, 7) is 5.94. The number of rotatable bonds is 2. The summed E-state index contributed by atoms with van der Waals surface area (Å²) < 4.78 is 0. The number of nitrogens with zero attached hydrogens (tertiary/aromatic N) is 1. The molecule has 36 valence electrons. The minimum absolute atomic E-state index is 0. The fraction of sp³-hybridized carbons (Fsp3) is 1.00. The zero-order chi connectivity index (χ0) is 4.99. The van der Waals surface area contributed by atoms with Crippen molar-refractivity contribution in [2.75, 3.05) is 13.1 Å². The van der Waals surface area contributed by atoms with Crippen molar-refractivity contribution < 1.29 is 31.0 Å². The predicted molar refractivity (Wildman–Crippen MR) is 29.8 cm³/mol. The topological polar surface area (TPSA) is 3.24 Å². The second-order valence-corrected chi connectivity index (χ2v) is 1.22. The van der Waals surface area contributed by atoms with Gasteiger partial charge in [0.15, 0.2) is 7.98 Å². The van der Waals surface area contributed by atoms with E-state index in [4.69, 9.17) is 7.98 Å². The average Bonchev–Trinajstić information content (AvgIpc) is 1.65. The first-order valence-corrected chi connectivity index (χ1v) is 2.30. The van der Waals surface area contributed by atoms with E-state index in [2.05, 4.69) is 0 Å². The summed E-state index contributed by atoms with van der Waals surface area (Å²) in [6.07, 6.45) is 0. The summed E-state index contributed by atoms with van der Waals surface area (Å²) in [6, 6.07) is 0. The molecule has 1 nitrogen and oxygen atoms in total. The Labute approximate surface area is 70.7 Å². The van der Waals surface area contributed by atoms with Crippen LogP contribution in [0.2, 0.25) is 0 Å². The minimum atomic E-state index is 0. The molecule has 0 saturated carbocycles. The Kier molecular flexibility index (Phi) is 10.9. The van der Waals surface area contributed by atoms with Crippen LogP contribution in [0.4, 0.5) is 0 Å². The van der Waals surface area contributed by atoms with Gasteiger partial charge in [-0.2, -0.15) is 0 Å². The molecule has 0 atom stereocenters. The molecule has 2 radical (unpaired) electrons. The monoisotopic (exact) mass is 107 g/mol. The summed E-state index contributed by atoms with van der Waals surface area (Å²) in [5, 5.41) is 0. The average molecular weight is 107 g/mol. The SMILES string of the molecule is [B]N(CC)CC.[H-].[Na+]. The van der Waals surface area contributed by atoms with Crippen LogP contribution in [0.1, 0.15) is 15.3 Å². The standard InChI is InChI=1S/C4H10BN.Na.H/c1-3-6(5)4-2;;/h3-4H2,1-2H3;;/q;+1;-1. The van der Waals surface area contributed by atoms with E-state index in [0.29, 0.717) is 0 Å². The molecule has 0 aromatic heterocycles. The van der Waals surface area contributed by atoms with Crippen molar-refractivity contribution in [2.24, 2.45) is 0 Å². The molecule has 0 amide bonds. The third-order valence-corrected chi connectivity index (χ3v) is 0.812. The molecule has 0 rings (SSSR count). The van der Waals surface area contributed by atoms with Crippen LogP contribution in [-0.2, 0) is 0 Å². The Morgan fingerprint density at radius 3 is 1.71 bits per heavy atom. The molecule has 0 spiro atoms. The molecular weight excluding hydrogens is 95.9 g/mol. The number of hydrogen-bond acceptors (Lipinski definition) is 1. The Bertz CT molecular complexity index is 35.2. The summed E-state index contributed by atoms with van der Waals surface area (Å²) in [4.78, 5) is 1.75. The van der Waals surface area contributed by atoms with E-state index in [1.165, 1.54) is 0 Å². The fourth-order valence-corrected chi connectivity index (χ4v) is 0.224. The van der Waals surface area contributed by atoms with Crippen molar-refractivity contribution >= 4 is 7.98 Å². The molecule has 3 heteroatoms. The molecule has 0 aromatic rings. The molecule has 0 unspecified atom stereocenters. The van der Waals surface area contributed by atoms with Gasteiger partial charge in [-0.25, -0.2) is 0 Å². The van der Waals surface area contributed by atoms with Crippen LogP contribution in [0, 0.1) is 0 Å². The largest absolute Gasteiger partial charge is 1.00 e. The van der Waals surface area contributed by atoms with Gasteiger partial charge >= 0.3 is 29.6 Å². The zero-order valence-corrected chi connectivity index (χ0v) is 7.44. The van der Waals surface area contributed by atoms with Gasteiger partial charge in [0.05, 0.1) is 0 Å². The molecule has 0 aliphatic heterocycles. The molecular formula is C4H11BNNa. The van der Waals surface area contributed by atoms with Gasteiger partial charge in [-0.05, 0) is 13.1 Å². The first kappa shape index (κ1) is 10.9. The maximum Gasteiger partial charge on any atom is 1.00 e. The Morgan fingerprint density at radius 1 is 1.43 bits per heavy atom. The molecule has 0 aliphatic carbocycles. The summed E-state index contributed by atoms with van der Waals surface area (Å²) >= 11 is 0. The van der Waals surface area contributed by atoms with Gasteiger partial charge in [-0.1, -0.05) is 13.8 Å². The minimum Gasteiger partial charge on any atom is -1.00 e. The van der Waals surface area contributed by atoms with E-state index in [9.17, 15) is 0 Å². The summed E-state index contributed by atoms with van der Waals surface area (Å²) in [7, 11) is 5.31. The summed E-state index contributed by atoms with van der Waals surface area (Å²) in [5.74, 6) is 0. The summed E-state index contributed by atoms with van der Waals surface area (Å²) in [5.41, 5.74) is 0. The van der Waals surface area contributed by atoms with Gasteiger partial charge in [-0.3, -0.25) is 0 Å². The van der Waals surface area contributed by atoms with Crippen molar-refractivity contribution in [2.45, 2.75) is 13.8 Å². The van der Waals surface area contributed by atoms with Crippen LogP contribution in [0.5, 0.6) is 0 Å². The van der Waals surface area contributed by atoms with E-state index >= 15 is 0 Å². The van der Waals surface area contributed by atoms with Gasteiger partial charge in [0.2, 0.25) is 0 Å². The van der Waals surface area contributed by atoms with Crippen molar-refractivity contribution in [1.29, 1.82) is 0 Å². The number of hydrogen-bond donors (Lipinski definition) is 0. The fourth-order valence-electron chi connectivity index (χ4n) is 0.224. The maximum absolute atomic E-state index is 5.31. The van der Waals surface area contributed by atoms with Gasteiger partial charge in [0.1, 0.15) is 0 Å². The first-order valence-electron chi connectivity index (χ1n) is 2.30. The molecule has 0 fully saturated rings. The second kappa shape index (κ2) is 7.02. The molecule has 7 heavy (non-hydrogen) atoms. The first-order chi connectivity index (χ1) is 2.81. The Hall–Kier alpha value is 1.02. The van der Waals surface area contributed by atoms with E-state index in [1.807, 2.05) is 13.8 Å². The molecule has 0 saturated heterocycles. The van der Waals surface area contributed by atoms with Crippen molar-refractivity contribution in [3.63, 3.8) is 0 Å². The zero-order valence-electron chi connectivity index (χ0n) is 6.44. The van der Waals surface area contributed by atoms with E-state index in [-0.39, 0.29) is 31.0 Å². The van der Waals surface area contributed by atoms with E-state index < -0.39 is 0 Å². The molecule has 0 N–H and O–H groups in total. The van der Waals surface area contributed by atoms with E-state index in [0.717, 1.165) is 13.1 Å². The second-order valence-electron chi connectivity index (χ2n) is 1.22. The van der Waals surface area contributed by atoms with Crippen LogP contribution in [0.25, 0.3) is 0 Å². The van der Waals surface area contributed by atoms with Crippen LogP contribution >= 0.6 is 0 Å². The van der Waals surface area contributed by atoms with Gasteiger partial charge in [0.25, 0.3) is 0 Å². The third kappa shape index (κ3) is 7.02. The Morgan fingerprint density at radius 2 is 1.71 bits per heavy atom. The van der Waals surface area contributed by atoms with Crippen molar-refractivity contribution in [3.05, 3.63) is 0 Å². The Balaban J connectivity index is -0.000000125. The van der Waals surface area contributed by atoms with Crippen LogP contribution in [0.15, 0.2) is 0 Å². The van der Waals surface area contributed by atoms with Crippen LogP contribution in [-0.4, -0.2) is 25.9 Å². The van der Waals surface area contributed by atoms with Gasteiger partial charge in [0, 0.05) is 0 Å². The quantitative estimate of drug-likeness (QED) is 0.353. The van der Waals surface area contributed by atoms with Gasteiger partial charge < -0.3 is 6.24 Å². The smallest absolute Gasteiger partial charge is 1.00 e. The molecule has 0 heterocycles. The molecule has 0 bridgehead atoms. The third-order valence-electron chi connectivity index (χ3n) is 0.812. The molecule has 0 aliphatic rings. The predicted octanol–water partition coefficient (Wildman–Crippen LogP) is -2.47. The van der Waals surface area contributed by atoms with Crippen molar-refractivity contribution in [1.82, 2.24) is 4.81 Å². The normalized spacial score (nSPS) is 8.43. The van der Waals surface area contributed by atoms with Gasteiger partial charge in [-0.15, -0.1) is 0 Å².